The molecule has 1 aromatic rings. The molecule has 15 heavy (non-hydrogen) atoms. The van der Waals surface area contributed by atoms with Crippen LogP contribution < -0.4 is 5.14 Å². The van der Waals surface area contributed by atoms with Crippen molar-refractivity contribution in [2.24, 2.45) is 5.14 Å². The van der Waals surface area contributed by atoms with Crippen molar-refractivity contribution in [1.82, 2.24) is 0 Å². The number of carboxylic acids is 1. The summed E-state index contributed by atoms with van der Waals surface area (Å²) in [5.41, 5.74) is -0.173. The Morgan fingerprint density at radius 1 is 1.47 bits per heavy atom. The Kier molecular flexibility index (Phi) is 3.59. The van der Waals surface area contributed by atoms with Crippen molar-refractivity contribution in [2.75, 3.05) is 0 Å². The van der Waals surface area contributed by atoms with Gasteiger partial charge in [0, 0.05) is 3.57 Å². The summed E-state index contributed by atoms with van der Waals surface area (Å²) in [4.78, 5) is 10.3. The molecule has 0 radical (unpaired) electrons. The molecule has 0 fully saturated rings. The van der Waals surface area contributed by atoms with E-state index in [4.69, 9.17) is 21.8 Å². The molecule has 0 atom stereocenters. The van der Waals surface area contributed by atoms with Crippen LogP contribution in [0, 0.1) is 3.57 Å². The molecule has 0 bridgehead atoms. The van der Waals surface area contributed by atoms with Crippen LogP contribution in [0.5, 0.6) is 0 Å². The second kappa shape index (κ2) is 4.24. The number of benzene rings is 1. The smallest absolute Gasteiger partial charge is 0.335 e. The molecule has 0 aromatic heterocycles. The number of sulfonamides is 1. The molecule has 0 amide bonds. The highest BCUT2D eigenvalue weighted by Gasteiger charge is 2.18. The summed E-state index contributed by atoms with van der Waals surface area (Å²) in [5, 5.41) is 13.5. The van der Waals surface area contributed by atoms with Crippen LogP contribution in [0.2, 0.25) is 5.02 Å². The highest BCUT2D eigenvalue weighted by molar-refractivity contribution is 14.1. The SMILES string of the molecule is NS(=O)(=O)c1cc(C(=O)O)cc(I)c1Cl. The van der Waals surface area contributed by atoms with Crippen molar-refractivity contribution < 1.29 is 18.3 Å². The van der Waals surface area contributed by atoms with Crippen molar-refractivity contribution in [1.29, 1.82) is 0 Å². The molecule has 0 saturated heterocycles. The highest BCUT2D eigenvalue weighted by Crippen LogP contribution is 2.27. The van der Waals surface area contributed by atoms with E-state index in [-0.39, 0.29) is 15.5 Å². The minimum Gasteiger partial charge on any atom is -0.478 e. The van der Waals surface area contributed by atoms with Gasteiger partial charge in [0.2, 0.25) is 10.0 Å². The average molecular weight is 362 g/mol. The molecular weight excluding hydrogens is 357 g/mol. The van der Waals surface area contributed by atoms with Crippen LogP contribution >= 0.6 is 34.2 Å². The highest BCUT2D eigenvalue weighted by atomic mass is 127. The van der Waals surface area contributed by atoms with Gasteiger partial charge in [0.05, 0.1) is 10.6 Å². The second-order valence-corrected chi connectivity index (χ2v) is 5.69. The Morgan fingerprint density at radius 2 is 2.00 bits per heavy atom. The van der Waals surface area contributed by atoms with Gasteiger partial charge < -0.3 is 5.11 Å². The first kappa shape index (κ1) is 12.7. The zero-order valence-electron chi connectivity index (χ0n) is 7.07. The van der Waals surface area contributed by atoms with E-state index in [1.807, 2.05) is 0 Å². The predicted octanol–water partition coefficient (Wildman–Crippen LogP) is 1.29. The molecule has 1 aromatic carbocycles. The Morgan fingerprint density at radius 3 is 2.40 bits per heavy atom. The minimum atomic E-state index is -4.01. The first-order valence-corrected chi connectivity index (χ1v) is 6.49. The van der Waals surface area contributed by atoms with Crippen LogP contribution in [0.1, 0.15) is 10.4 Å². The van der Waals surface area contributed by atoms with Gasteiger partial charge in [-0.3, -0.25) is 0 Å². The monoisotopic (exact) mass is 361 g/mol. The van der Waals surface area contributed by atoms with Gasteiger partial charge in [0.1, 0.15) is 4.90 Å². The Balaban J connectivity index is 3.59. The molecule has 82 valence electrons. The second-order valence-electron chi connectivity index (χ2n) is 2.62. The van der Waals surface area contributed by atoms with Gasteiger partial charge in [-0.05, 0) is 34.7 Å². The topological polar surface area (TPSA) is 97.5 Å². The van der Waals surface area contributed by atoms with Gasteiger partial charge in [0.25, 0.3) is 0 Å². The van der Waals surface area contributed by atoms with E-state index < -0.39 is 16.0 Å². The predicted molar refractivity (Wildman–Crippen MR) is 62.5 cm³/mol. The normalized spacial score (nSPS) is 11.4. The number of aromatic carboxylic acids is 1. The summed E-state index contributed by atoms with van der Waals surface area (Å²) in [5.74, 6) is -1.24. The maximum Gasteiger partial charge on any atom is 0.335 e. The van der Waals surface area contributed by atoms with Crippen LogP contribution in [0.15, 0.2) is 17.0 Å². The number of carbonyl (C=O) groups is 1. The fourth-order valence-corrected chi connectivity index (χ4v) is 2.79. The fraction of sp³-hybridized carbons (Fsp3) is 0. The summed E-state index contributed by atoms with van der Waals surface area (Å²) in [6.45, 7) is 0. The van der Waals surface area contributed by atoms with E-state index in [1.54, 1.807) is 22.6 Å². The molecular formula is C7H5ClINO4S. The number of rotatable bonds is 2. The molecule has 0 unspecified atom stereocenters. The van der Waals surface area contributed by atoms with Crippen molar-refractivity contribution in [3.8, 4) is 0 Å². The number of halogens is 2. The summed E-state index contributed by atoms with van der Waals surface area (Å²) in [6.07, 6.45) is 0. The van der Waals surface area contributed by atoms with Crippen LogP contribution in [0.3, 0.4) is 0 Å². The summed E-state index contributed by atoms with van der Waals surface area (Å²) < 4.78 is 22.5. The van der Waals surface area contributed by atoms with Gasteiger partial charge in [-0.15, -0.1) is 0 Å². The Hall–Kier alpha value is -0.380. The molecule has 0 aliphatic rings. The maximum atomic E-state index is 11.1. The number of carboxylic acid groups (broad SMARTS) is 1. The quantitative estimate of drug-likeness (QED) is 0.776. The summed E-state index contributed by atoms with van der Waals surface area (Å²) >= 11 is 7.43. The van der Waals surface area contributed by atoms with Crippen molar-refractivity contribution in [3.05, 3.63) is 26.3 Å². The molecule has 1 rings (SSSR count). The van der Waals surface area contributed by atoms with E-state index >= 15 is 0 Å². The lowest BCUT2D eigenvalue weighted by Gasteiger charge is -2.05. The fourth-order valence-electron chi connectivity index (χ4n) is 0.894. The molecule has 3 N–H and O–H groups in total. The Labute approximate surface area is 104 Å². The van der Waals surface area contributed by atoms with Crippen molar-refractivity contribution in [2.45, 2.75) is 4.90 Å². The van der Waals surface area contributed by atoms with Crippen LogP contribution in [0.25, 0.3) is 0 Å². The molecule has 5 nitrogen and oxygen atoms in total. The molecule has 0 saturated carbocycles. The number of hydrogen-bond acceptors (Lipinski definition) is 3. The number of hydrogen-bond donors (Lipinski definition) is 2. The third-order valence-corrected chi connectivity index (χ3v) is 4.17. The number of nitrogens with two attached hydrogens (primary N) is 1. The third kappa shape index (κ3) is 2.80. The van der Waals surface area contributed by atoms with Crippen LogP contribution in [-0.2, 0) is 10.0 Å². The maximum absolute atomic E-state index is 11.1. The van der Waals surface area contributed by atoms with Crippen molar-refractivity contribution >= 4 is 50.2 Å². The van der Waals surface area contributed by atoms with E-state index in [0.29, 0.717) is 3.57 Å². The van der Waals surface area contributed by atoms with E-state index in [0.717, 1.165) is 6.07 Å². The van der Waals surface area contributed by atoms with E-state index in [1.165, 1.54) is 6.07 Å². The lowest BCUT2D eigenvalue weighted by Crippen LogP contribution is -2.14. The Bertz CT molecular complexity index is 528. The van der Waals surface area contributed by atoms with Gasteiger partial charge in [-0.1, -0.05) is 11.6 Å². The summed E-state index contributed by atoms with van der Waals surface area (Å²) in [6, 6.07) is 2.20. The first-order chi connectivity index (χ1) is 6.73. The first-order valence-electron chi connectivity index (χ1n) is 3.48. The molecule has 8 heteroatoms. The lowest BCUT2D eigenvalue weighted by atomic mass is 10.2. The van der Waals surface area contributed by atoms with Crippen LogP contribution in [-0.4, -0.2) is 19.5 Å². The molecule has 0 spiro atoms. The van der Waals surface area contributed by atoms with E-state index in [2.05, 4.69) is 0 Å². The zero-order valence-corrected chi connectivity index (χ0v) is 10.8. The zero-order chi connectivity index (χ0) is 11.8. The molecule has 0 aliphatic carbocycles. The lowest BCUT2D eigenvalue weighted by molar-refractivity contribution is 0.0696. The summed E-state index contributed by atoms with van der Waals surface area (Å²) in [7, 11) is -4.01. The third-order valence-electron chi connectivity index (χ3n) is 1.55. The van der Waals surface area contributed by atoms with Gasteiger partial charge in [0.15, 0.2) is 0 Å². The van der Waals surface area contributed by atoms with Gasteiger partial charge in [-0.25, -0.2) is 18.4 Å². The van der Waals surface area contributed by atoms with E-state index in [9.17, 15) is 13.2 Å². The molecule has 0 heterocycles. The largest absolute Gasteiger partial charge is 0.478 e. The molecule has 0 aliphatic heterocycles. The van der Waals surface area contributed by atoms with Crippen LogP contribution in [0.4, 0.5) is 0 Å². The van der Waals surface area contributed by atoms with Crippen molar-refractivity contribution in [3.63, 3.8) is 0 Å². The standard InChI is InChI=1S/C7H5ClINO4S/c8-6-4(9)1-3(7(11)12)2-5(6)15(10,13)14/h1-2H,(H,11,12)(H2,10,13,14). The average Bonchev–Trinajstić information content (AvgIpc) is 2.06. The number of primary sulfonamides is 1. The van der Waals surface area contributed by atoms with Gasteiger partial charge >= 0.3 is 5.97 Å². The van der Waals surface area contributed by atoms with Gasteiger partial charge in [-0.2, -0.15) is 0 Å². The minimum absolute atomic E-state index is 0.0666.